The van der Waals surface area contributed by atoms with Gasteiger partial charge in [0.05, 0.1) is 5.75 Å². The van der Waals surface area contributed by atoms with Crippen LogP contribution in [0.3, 0.4) is 0 Å². The molecule has 5 nitrogen and oxygen atoms in total. The Morgan fingerprint density at radius 1 is 1.44 bits per heavy atom. The topological polar surface area (TPSA) is 57.4 Å². The van der Waals surface area contributed by atoms with Gasteiger partial charge in [-0.1, -0.05) is 5.16 Å². The SMILES string of the molecule is COC(C)c1noc(CSCC2CCOCC2)n1. The lowest BCUT2D eigenvalue weighted by molar-refractivity contribution is 0.0728. The van der Waals surface area contributed by atoms with Gasteiger partial charge in [-0.05, 0) is 31.4 Å². The van der Waals surface area contributed by atoms with Gasteiger partial charge in [0.2, 0.25) is 5.89 Å². The number of hydrogen-bond acceptors (Lipinski definition) is 6. The van der Waals surface area contributed by atoms with Gasteiger partial charge in [-0.2, -0.15) is 16.7 Å². The second-order valence-electron chi connectivity index (χ2n) is 4.50. The van der Waals surface area contributed by atoms with Crippen molar-refractivity contribution in [3.05, 3.63) is 11.7 Å². The number of aromatic nitrogens is 2. The molecule has 2 rings (SSSR count). The summed E-state index contributed by atoms with van der Waals surface area (Å²) in [5.41, 5.74) is 0. The first-order valence-corrected chi connectivity index (χ1v) is 7.46. The molecule has 18 heavy (non-hydrogen) atoms. The summed E-state index contributed by atoms with van der Waals surface area (Å²) in [4.78, 5) is 4.32. The van der Waals surface area contributed by atoms with E-state index in [1.54, 1.807) is 7.11 Å². The van der Waals surface area contributed by atoms with Crippen LogP contribution in [-0.4, -0.2) is 36.2 Å². The van der Waals surface area contributed by atoms with E-state index >= 15 is 0 Å². The first kappa shape index (κ1) is 13.8. The lowest BCUT2D eigenvalue weighted by Crippen LogP contribution is -2.17. The molecule has 0 bridgehead atoms. The fourth-order valence-corrected chi connectivity index (χ4v) is 2.90. The summed E-state index contributed by atoms with van der Waals surface area (Å²) in [5.74, 6) is 4.00. The Labute approximate surface area is 112 Å². The highest BCUT2D eigenvalue weighted by Crippen LogP contribution is 2.22. The second kappa shape index (κ2) is 7.11. The van der Waals surface area contributed by atoms with Crippen LogP contribution in [0.4, 0.5) is 0 Å². The highest BCUT2D eigenvalue weighted by atomic mass is 32.2. The molecule has 1 saturated heterocycles. The first-order chi connectivity index (χ1) is 8.79. The maximum atomic E-state index is 5.34. The average molecular weight is 272 g/mol. The van der Waals surface area contributed by atoms with E-state index in [1.165, 1.54) is 12.8 Å². The zero-order valence-electron chi connectivity index (χ0n) is 10.9. The molecule has 1 aliphatic rings. The largest absolute Gasteiger partial charge is 0.381 e. The van der Waals surface area contributed by atoms with Crippen LogP contribution in [0.5, 0.6) is 0 Å². The van der Waals surface area contributed by atoms with Crippen LogP contribution in [0.25, 0.3) is 0 Å². The third-order valence-electron chi connectivity index (χ3n) is 3.12. The van der Waals surface area contributed by atoms with Crippen LogP contribution in [0.15, 0.2) is 4.52 Å². The maximum absolute atomic E-state index is 5.34. The molecular formula is C12H20N2O3S. The van der Waals surface area contributed by atoms with Crippen LogP contribution in [0.2, 0.25) is 0 Å². The van der Waals surface area contributed by atoms with Crippen LogP contribution in [-0.2, 0) is 15.2 Å². The summed E-state index contributed by atoms with van der Waals surface area (Å²) in [6.45, 7) is 3.71. The van der Waals surface area contributed by atoms with Gasteiger partial charge in [-0.25, -0.2) is 0 Å². The monoisotopic (exact) mass is 272 g/mol. The molecule has 1 aromatic heterocycles. The summed E-state index contributed by atoms with van der Waals surface area (Å²) >= 11 is 1.85. The van der Waals surface area contributed by atoms with Gasteiger partial charge in [0.1, 0.15) is 6.10 Å². The van der Waals surface area contributed by atoms with Gasteiger partial charge in [0.25, 0.3) is 0 Å². The lowest BCUT2D eigenvalue weighted by atomic mass is 10.0. The Kier molecular flexibility index (Phi) is 5.46. The van der Waals surface area contributed by atoms with E-state index in [1.807, 2.05) is 18.7 Å². The van der Waals surface area contributed by atoms with Crippen molar-refractivity contribution < 1.29 is 14.0 Å². The Bertz CT molecular complexity index is 353. The van der Waals surface area contributed by atoms with Gasteiger partial charge in [0, 0.05) is 20.3 Å². The van der Waals surface area contributed by atoms with Gasteiger partial charge in [-0.3, -0.25) is 0 Å². The Balaban J connectivity index is 1.71. The third-order valence-corrected chi connectivity index (χ3v) is 4.28. The lowest BCUT2D eigenvalue weighted by Gasteiger charge is -2.21. The van der Waals surface area contributed by atoms with Crippen molar-refractivity contribution in [1.82, 2.24) is 10.1 Å². The molecule has 0 aromatic carbocycles. The summed E-state index contributed by atoms with van der Waals surface area (Å²) < 4.78 is 15.7. The summed E-state index contributed by atoms with van der Waals surface area (Å²) in [6.07, 6.45) is 2.23. The molecule has 0 radical (unpaired) electrons. The first-order valence-electron chi connectivity index (χ1n) is 6.30. The summed E-state index contributed by atoms with van der Waals surface area (Å²) in [5, 5.41) is 3.91. The van der Waals surface area contributed by atoms with E-state index in [0.717, 1.165) is 30.6 Å². The molecular weight excluding hydrogens is 252 g/mol. The third kappa shape index (κ3) is 3.96. The Morgan fingerprint density at radius 2 is 2.22 bits per heavy atom. The van der Waals surface area contributed by atoms with Crippen molar-refractivity contribution in [2.45, 2.75) is 31.6 Å². The van der Waals surface area contributed by atoms with Gasteiger partial charge in [-0.15, -0.1) is 0 Å². The molecule has 2 heterocycles. The number of hydrogen-bond donors (Lipinski definition) is 0. The van der Waals surface area contributed by atoms with Gasteiger partial charge < -0.3 is 14.0 Å². The number of rotatable bonds is 6. The highest BCUT2D eigenvalue weighted by Gasteiger charge is 2.16. The summed E-state index contributed by atoms with van der Waals surface area (Å²) in [7, 11) is 1.64. The van der Waals surface area contributed by atoms with Crippen molar-refractivity contribution in [2.75, 3.05) is 26.1 Å². The van der Waals surface area contributed by atoms with E-state index in [9.17, 15) is 0 Å². The van der Waals surface area contributed by atoms with E-state index in [-0.39, 0.29) is 6.10 Å². The van der Waals surface area contributed by atoms with Gasteiger partial charge >= 0.3 is 0 Å². The normalized spacial score (nSPS) is 19.0. The molecule has 0 N–H and O–H groups in total. The molecule has 1 aliphatic heterocycles. The van der Waals surface area contributed by atoms with E-state index in [0.29, 0.717) is 11.7 Å². The minimum atomic E-state index is -0.108. The van der Waals surface area contributed by atoms with Crippen molar-refractivity contribution in [3.8, 4) is 0 Å². The van der Waals surface area contributed by atoms with E-state index in [4.69, 9.17) is 14.0 Å². The van der Waals surface area contributed by atoms with Crippen molar-refractivity contribution >= 4 is 11.8 Å². The zero-order valence-corrected chi connectivity index (χ0v) is 11.7. The molecule has 102 valence electrons. The molecule has 1 atom stereocenters. The highest BCUT2D eigenvalue weighted by molar-refractivity contribution is 7.98. The molecule has 0 amide bonds. The number of thioether (sulfide) groups is 1. The minimum Gasteiger partial charge on any atom is -0.381 e. The number of methoxy groups -OCH3 is 1. The Hall–Kier alpha value is -0.590. The standard InChI is InChI=1S/C12H20N2O3S/c1-9(15-2)12-13-11(17-14-12)8-18-7-10-3-5-16-6-4-10/h9-10H,3-8H2,1-2H3. The summed E-state index contributed by atoms with van der Waals surface area (Å²) in [6, 6.07) is 0. The quantitative estimate of drug-likeness (QED) is 0.792. The predicted molar refractivity (Wildman–Crippen MR) is 69.4 cm³/mol. The fourth-order valence-electron chi connectivity index (χ4n) is 1.82. The average Bonchev–Trinajstić information content (AvgIpc) is 2.88. The minimum absolute atomic E-state index is 0.108. The number of ether oxygens (including phenoxy) is 2. The maximum Gasteiger partial charge on any atom is 0.236 e. The molecule has 0 saturated carbocycles. The van der Waals surface area contributed by atoms with Crippen LogP contribution >= 0.6 is 11.8 Å². The van der Waals surface area contributed by atoms with Crippen molar-refractivity contribution in [2.24, 2.45) is 5.92 Å². The molecule has 6 heteroatoms. The van der Waals surface area contributed by atoms with Crippen molar-refractivity contribution in [1.29, 1.82) is 0 Å². The molecule has 1 unspecified atom stereocenters. The van der Waals surface area contributed by atoms with E-state index < -0.39 is 0 Å². The van der Waals surface area contributed by atoms with Crippen LogP contribution in [0.1, 0.15) is 37.6 Å². The number of nitrogens with zero attached hydrogens (tertiary/aromatic N) is 2. The smallest absolute Gasteiger partial charge is 0.236 e. The fraction of sp³-hybridized carbons (Fsp3) is 0.833. The van der Waals surface area contributed by atoms with Crippen molar-refractivity contribution in [3.63, 3.8) is 0 Å². The molecule has 1 fully saturated rings. The van der Waals surface area contributed by atoms with Crippen LogP contribution in [0, 0.1) is 5.92 Å². The molecule has 0 aliphatic carbocycles. The second-order valence-corrected chi connectivity index (χ2v) is 5.53. The molecule has 1 aromatic rings. The molecule has 0 spiro atoms. The predicted octanol–water partition coefficient (Wildman–Crippen LogP) is 2.44. The zero-order chi connectivity index (χ0) is 12.8. The van der Waals surface area contributed by atoms with Crippen LogP contribution < -0.4 is 0 Å². The van der Waals surface area contributed by atoms with Gasteiger partial charge in [0.15, 0.2) is 5.82 Å². The van der Waals surface area contributed by atoms with E-state index in [2.05, 4.69) is 10.1 Å². The Morgan fingerprint density at radius 3 is 2.94 bits per heavy atom.